The van der Waals surface area contributed by atoms with Crippen molar-refractivity contribution in [2.45, 2.75) is 6.54 Å². The van der Waals surface area contributed by atoms with E-state index in [1.165, 1.54) is 42.1 Å². The summed E-state index contributed by atoms with van der Waals surface area (Å²) in [4.78, 5) is 24.5. The first-order chi connectivity index (χ1) is 10.7. The van der Waals surface area contributed by atoms with E-state index in [2.05, 4.69) is 21.5 Å². The molecule has 7 heteroatoms. The number of rotatable bonds is 3. The van der Waals surface area contributed by atoms with Crippen molar-refractivity contribution in [3.63, 3.8) is 0 Å². The van der Waals surface area contributed by atoms with Gasteiger partial charge >= 0.3 is 0 Å². The van der Waals surface area contributed by atoms with E-state index in [4.69, 9.17) is 0 Å². The molecule has 0 atom stereocenters. The van der Waals surface area contributed by atoms with Crippen molar-refractivity contribution >= 4 is 27.5 Å². The Bertz CT molecular complexity index is 914. The molecule has 0 aliphatic rings. The molecule has 0 aliphatic carbocycles. The molecular weight excluding hydrogens is 303 g/mol. The zero-order chi connectivity index (χ0) is 15.5. The van der Waals surface area contributed by atoms with Crippen molar-refractivity contribution in [1.29, 1.82) is 0 Å². The summed E-state index contributed by atoms with van der Waals surface area (Å²) in [5.41, 5.74) is 0.966. The van der Waals surface area contributed by atoms with Gasteiger partial charge in [0.05, 0.1) is 16.4 Å². The summed E-state index contributed by atoms with van der Waals surface area (Å²) in [6.07, 6.45) is 5.97. The summed E-state index contributed by atoms with van der Waals surface area (Å²) < 4.78 is 15.9. The summed E-state index contributed by atoms with van der Waals surface area (Å²) in [6, 6.07) is 4.46. The van der Waals surface area contributed by atoms with E-state index >= 15 is 0 Å². The van der Waals surface area contributed by atoms with Gasteiger partial charge in [0, 0.05) is 18.9 Å². The number of hydrogen-bond acceptors (Lipinski definition) is 4. The van der Waals surface area contributed by atoms with Gasteiger partial charge in [-0.15, -0.1) is 6.58 Å². The van der Waals surface area contributed by atoms with Crippen LogP contribution in [-0.4, -0.2) is 20.4 Å². The van der Waals surface area contributed by atoms with Gasteiger partial charge in [0.1, 0.15) is 11.5 Å². The summed E-state index contributed by atoms with van der Waals surface area (Å²) in [5, 5.41) is 0. The molecule has 0 spiro atoms. The molecule has 0 saturated heterocycles. The molecule has 3 aromatic rings. The Kier molecular flexibility index (Phi) is 3.88. The molecule has 0 aliphatic heterocycles. The van der Waals surface area contributed by atoms with E-state index in [1.54, 1.807) is 16.7 Å². The molecule has 0 radical (unpaired) electrons. The molecule has 0 unspecified atom stereocenters. The molecule has 0 bridgehead atoms. The van der Waals surface area contributed by atoms with Gasteiger partial charge in [0.15, 0.2) is 4.80 Å². The number of nitrogens with zero attached hydrogens (tertiary/aromatic N) is 4. The van der Waals surface area contributed by atoms with Gasteiger partial charge in [-0.2, -0.15) is 4.99 Å². The number of carbonyl (C=O) groups is 1. The average molecular weight is 314 g/mol. The van der Waals surface area contributed by atoms with E-state index in [0.29, 0.717) is 16.0 Å². The van der Waals surface area contributed by atoms with E-state index in [-0.39, 0.29) is 11.5 Å². The highest BCUT2D eigenvalue weighted by molar-refractivity contribution is 7.16. The first-order valence-electron chi connectivity index (χ1n) is 6.44. The minimum Gasteiger partial charge on any atom is -0.312 e. The van der Waals surface area contributed by atoms with Crippen LogP contribution in [0.25, 0.3) is 10.2 Å². The monoisotopic (exact) mass is 314 g/mol. The second kappa shape index (κ2) is 5.98. The number of aromatic nitrogens is 3. The number of benzene rings is 1. The number of carbonyl (C=O) groups excluding carboxylic acids is 1. The van der Waals surface area contributed by atoms with E-state index < -0.39 is 5.91 Å². The Hall–Kier alpha value is -2.67. The molecule has 22 heavy (non-hydrogen) atoms. The predicted octanol–water partition coefficient (Wildman–Crippen LogP) is 2.56. The third kappa shape index (κ3) is 2.71. The van der Waals surface area contributed by atoms with Crippen LogP contribution in [0.4, 0.5) is 4.39 Å². The van der Waals surface area contributed by atoms with Crippen molar-refractivity contribution in [2.75, 3.05) is 0 Å². The highest BCUT2D eigenvalue weighted by atomic mass is 32.1. The summed E-state index contributed by atoms with van der Waals surface area (Å²) in [5.74, 6) is -0.816. The minimum absolute atomic E-state index is 0.163. The largest absolute Gasteiger partial charge is 0.312 e. The molecule has 3 rings (SSSR count). The molecule has 0 N–H and O–H groups in total. The lowest BCUT2D eigenvalue weighted by molar-refractivity contribution is 0.0993. The Morgan fingerprint density at radius 3 is 3.05 bits per heavy atom. The van der Waals surface area contributed by atoms with Crippen molar-refractivity contribution in [3.8, 4) is 0 Å². The van der Waals surface area contributed by atoms with Crippen LogP contribution in [0.1, 0.15) is 10.5 Å². The number of thiazole rings is 1. The third-order valence-electron chi connectivity index (χ3n) is 2.94. The third-order valence-corrected chi connectivity index (χ3v) is 3.98. The fourth-order valence-corrected chi connectivity index (χ4v) is 3.05. The molecule has 2 aromatic heterocycles. The molecule has 5 nitrogen and oxygen atoms in total. The van der Waals surface area contributed by atoms with Crippen molar-refractivity contribution < 1.29 is 9.18 Å². The second-order valence-electron chi connectivity index (χ2n) is 4.40. The molecule has 2 heterocycles. The van der Waals surface area contributed by atoms with Crippen LogP contribution in [0.2, 0.25) is 0 Å². The number of hydrogen-bond donors (Lipinski definition) is 0. The van der Waals surface area contributed by atoms with Crippen LogP contribution in [0.3, 0.4) is 0 Å². The topological polar surface area (TPSA) is 60.1 Å². The van der Waals surface area contributed by atoms with Gasteiger partial charge in [-0.05, 0) is 18.2 Å². The maximum absolute atomic E-state index is 13.4. The Labute approximate surface area is 129 Å². The van der Waals surface area contributed by atoms with Crippen LogP contribution in [0.5, 0.6) is 0 Å². The van der Waals surface area contributed by atoms with Crippen LogP contribution in [0.15, 0.2) is 54.4 Å². The zero-order valence-corrected chi connectivity index (χ0v) is 12.3. The first kappa shape index (κ1) is 14.3. The van der Waals surface area contributed by atoms with Crippen LogP contribution < -0.4 is 4.80 Å². The summed E-state index contributed by atoms with van der Waals surface area (Å²) in [6.45, 7) is 4.17. The Morgan fingerprint density at radius 1 is 1.45 bits per heavy atom. The van der Waals surface area contributed by atoms with E-state index in [0.717, 1.165) is 5.52 Å². The summed E-state index contributed by atoms with van der Waals surface area (Å²) >= 11 is 1.24. The highest BCUT2D eigenvalue weighted by Crippen LogP contribution is 2.18. The van der Waals surface area contributed by atoms with Crippen LogP contribution in [-0.2, 0) is 6.54 Å². The number of fused-ring (bicyclic) bond motifs is 1. The smallest absolute Gasteiger partial charge is 0.299 e. The van der Waals surface area contributed by atoms with Gasteiger partial charge in [-0.1, -0.05) is 17.4 Å². The molecule has 110 valence electrons. The van der Waals surface area contributed by atoms with Gasteiger partial charge in [0.2, 0.25) is 0 Å². The van der Waals surface area contributed by atoms with Gasteiger partial charge in [-0.3, -0.25) is 9.78 Å². The van der Waals surface area contributed by atoms with Crippen molar-refractivity contribution in [2.24, 2.45) is 4.99 Å². The maximum atomic E-state index is 13.4. The zero-order valence-electron chi connectivity index (χ0n) is 11.4. The number of amides is 1. The maximum Gasteiger partial charge on any atom is 0.299 e. The van der Waals surface area contributed by atoms with Crippen LogP contribution in [0, 0.1) is 5.82 Å². The quantitative estimate of drug-likeness (QED) is 0.698. The van der Waals surface area contributed by atoms with Gasteiger partial charge in [-0.25, -0.2) is 9.37 Å². The minimum atomic E-state index is -0.488. The number of halogens is 1. The number of allylic oxidation sites excluding steroid dienone is 1. The fraction of sp³-hybridized carbons (Fsp3) is 0.0667. The second-order valence-corrected chi connectivity index (χ2v) is 5.41. The van der Waals surface area contributed by atoms with Crippen LogP contribution >= 0.6 is 11.3 Å². The fourth-order valence-electron chi connectivity index (χ4n) is 1.99. The normalized spacial score (nSPS) is 11.8. The lowest BCUT2D eigenvalue weighted by atomic mass is 10.3. The van der Waals surface area contributed by atoms with E-state index in [1.807, 2.05) is 0 Å². The van der Waals surface area contributed by atoms with Crippen molar-refractivity contribution in [3.05, 3.63) is 65.8 Å². The van der Waals surface area contributed by atoms with Gasteiger partial charge < -0.3 is 4.57 Å². The van der Waals surface area contributed by atoms with E-state index in [9.17, 15) is 9.18 Å². The standard InChI is InChI=1S/C15H11FN4OS/c1-2-7-20-12-4-3-10(16)8-13(12)22-15(20)19-14(21)11-9-17-5-6-18-11/h2-6,8-9H,1,7H2. The summed E-state index contributed by atoms with van der Waals surface area (Å²) in [7, 11) is 0. The average Bonchev–Trinajstić information content (AvgIpc) is 2.85. The van der Waals surface area contributed by atoms with Gasteiger partial charge in [0.25, 0.3) is 5.91 Å². The lowest BCUT2D eigenvalue weighted by Gasteiger charge is -2.00. The SMILES string of the molecule is C=CCn1c(=NC(=O)c2cnccn2)sc2cc(F)ccc21. The molecule has 1 aromatic carbocycles. The Balaban J connectivity index is 2.17. The van der Waals surface area contributed by atoms with Crippen molar-refractivity contribution in [1.82, 2.24) is 14.5 Å². The molecule has 1 amide bonds. The predicted molar refractivity (Wildman–Crippen MR) is 81.9 cm³/mol. The first-order valence-corrected chi connectivity index (χ1v) is 7.25. The lowest BCUT2D eigenvalue weighted by Crippen LogP contribution is -2.16. The molecular formula is C15H11FN4OS. The molecule has 0 fully saturated rings. The Morgan fingerprint density at radius 2 is 2.32 bits per heavy atom. The molecule has 0 saturated carbocycles. The highest BCUT2D eigenvalue weighted by Gasteiger charge is 2.10.